The Bertz CT molecular complexity index is 1600. The highest BCUT2D eigenvalue weighted by molar-refractivity contribution is 5.73. The molecule has 12 atom stereocenters. The number of fused-ring (bicyclic) bond motifs is 7. The van der Waals surface area contributed by atoms with Gasteiger partial charge in [-0.1, -0.05) is 48.5 Å². The summed E-state index contributed by atoms with van der Waals surface area (Å²) in [7, 11) is 0. The minimum Gasteiger partial charge on any atom is -0.481 e. The molecular formula is C42H65N5O4. The van der Waals surface area contributed by atoms with E-state index in [2.05, 4.69) is 68.6 Å². The third-order valence-corrected chi connectivity index (χ3v) is 17.0. The van der Waals surface area contributed by atoms with Crippen molar-refractivity contribution in [2.45, 2.75) is 145 Å². The van der Waals surface area contributed by atoms with Crippen LogP contribution in [-0.4, -0.2) is 49.5 Å². The van der Waals surface area contributed by atoms with Crippen molar-refractivity contribution in [1.82, 2.24) is 20.2 Å². The van der Waals surface area contributed by atoms with E-state index in [4.69, 9.17) is 14.9 Å². The summed E-state index contributed by atoms with van der Waals surface area (Å²) in [5.74, 6) is 4.20. The number of rotatable bonds is 9. The van der Waals surface area contributed by atoms with Crippen LogP contribution < -0.4 is 5.73 Å². The zero-order valence-corrected chi connectivity index (χ0v) is 32.9. The fourth-order valence-electron chi connectivity index (χ4n) is 14.2. The fourth-order valence-corrected chi connectivity index (χ4v) is 14.2. The van der Waals surface area contributed by atoms with Crippen molar-refractivity contribution in [3.63, 3.8) is 0 Å². The Kier molecular flexibility index (Phi) is 9.13. The topological polar surface area (TPSA) is 137 Å². The average molecular weight is 704 g/mol. The van der Waals surface area contributed by atoms with Crippen LogP contribution in [0.3, 0.4) is 0 Å². The molecule has 7 rings (SSSR count). The summed E-state index contributed by atoms with van der Waals surface area (Å²) in [6.45, 7) is 21.8. The molecule has 5 aliphatic carbocycles. The standard InChI is InChI=1S/C42H65N5O4/c1-25(2)33-26(3)20-41(21-32-46-47-35(51-32)28-22-44-24-45-23-28)17-16-40(9)39(8)14-10-29-27(4)30(50-19-18-37(5,6)36(48)49)11-13-38(29,7)31(39)12-15-42(40,43)34(33)41/h22-27,29-31,33-34H,10-21,43H2,1-9H3,(H,48,49). The van der Waals surface area contributed by atoms with Gasteiger partial charge in [-0.25, -0.2) is 9.97 Å². The van der Waals surface area contributed by atoms with Crippen molar-refractivity contribution in [2.24, 2.45) is 74.2 Å². The SMILES string of the molecule is CC(C)C1C(C)CC2(Cc3nnc(-c4cncnc4)o3)CCC3(C)C4(C)CCC5C(C)C(OCCC(C)(C)C(=O)O)CCC5(C)C4CCC3(N)C12. The largest absolute Gasteiger partial charge is 0.481 e. The molecule has 0 bridgehead atoms. The summed E-state index contributed by atoms with van der Waals surface area (Å²) in [6, 6.07) is 0. The molecule has 5 saturated carbocycles. The molecule has 0 radical (unpaired) electrons. The van der Waals surface area contributed by atoms with Gasteiger partial charge >= 0.3 is 5.97 Å². The van der Waals surface area contributed by atoms with Crippen LogP contribution in [0.2, 0.25) is 0 Å². The third kappa shape index (κ3) is 5.47. The van der Waals surface area contributed by atoms with Crippen LogP contribution in [0.15, 0.2) is 23.1 Å². The molecule has 5 aliphatic rings. The molecule has 282 valence electrons. The van der Waals surface area contributed by atoms with Crippen LogP contribution in [0.1, 0.15) is 132 Å². The first-order chi connectivity index (χ1) is 23.9. The smallest absolute Gasteiger partial charge is 0.309 e. The number of ether oxygens (including phenoxy) is 1. The number of hydrogen-bond donors (Lipinski definition) is 2. The Labute approximate surface area is 306 Å². The maximum Gasteiger partial charge on any atom is 0.309 e. The molecule has 9 nitrogen and oxygen atoms in total. The van der Waals surface area contributed by atoms with Crippen LogP contribution in [0.4, 0.5) is 0 Å². The van der Waals surface area contributed by atoms with E-state index < -0.39 is 11.4 Å². The quantitative estimate of drug-likeness (QED) is 0.263. The van der Waals surface area contributed by atoms with Crippen molar-refractivity contribution in [3.8, 4) is 11.5 Å². The maximum atomic E-state index is 11.7. The Balaban J connectivity index is 1.16. The second-order valence-electron chi connectivity index (χ2n) is 19.9. The van der Waals surface area contributed by atoms with Gasteiger partial charge in [-0.15, -0.1) is 10.2 Å². The number of hydrogen-bond acceptors (Lipinski definition) is 8. The van der Waals surface area contributed by atoms with E-state index in [-0.39, 0.29) is 33.3 Å². The summed E-state index contributed by atoms with van der Waals surface area (Å²) >= 11 is 0. The van der Waals surface area contributed by atoms with Crippen LogP contribution in [-0.2, 0) is 16.0 Å². The molecule has 12 unspecified atom stereocenters. The molecule has 2 aromatic heterocycles. The predicted octanol–water partition coefficient (Wildman–Crippen LogP) is 8.63. The van der Waals surface area contributed by atoms with E-state index in [9.17, 15) is 9.90 Å². The number of carboxylic acids is 1. The highest BCUT2D eigenvalue weighted by atomic mass is 16.5. The number of carboxylic acid groups (broad SMARTS) is 1. The first kappa shape index (κ1) is 36.9. The number of aliphatic carboxylic acids is 1. The van der Waals surface area contributed by atoms with Gasteiger partial charge in [-0.2, -0.15) is 0 Å². The lowest BCUT2D eigenvalue weighted by atomic mass is 9.31. The van der Waals surface area contributed by atoms with Gasteiger partial charge in [0.15, 0.2) is 0 Å². The number of aromatic nitrogens is 4. The fraction of sp³-hybridized carbons (Fsp3) is 0.833. The van der Waals surface area contributed by atoms with E-state index in [1.807, 2.05) is 0 Å². The van der Waals surface area contributed by atoms with Crippen LogP contribution in [0, 0.1) is 68.5 Å². The van der Waals surface area contributed by atoms with Gasteiger partial charge in [0.05, 0.1) is 17.1 Å². The van der Waals surface area contributed by atoms with Gasteiger partial charge in [0.25, 0.3) is 5.89 Å². The molecule has 3 N–H and O–H groups in total. The van der Waals surface area contributed by atoms with Crippen molar-refractivity contribution in [3.05, 3.63) is 24.6 Å². The summed E-state index contributed by atoms with van der Waals surface area (Å²) in [6.07, 6.45) is 16.9. The predicted molar refractivity (Wildman–Crippen MR) is 197 cm³/mol. The Morgan fingerprint density at radius 3 is 2.45 bits per heavy atom. The summed E-state index contributed by atoms with van der Waals surface area (Å²) in [5, 5.41) is 18.7. The highest BCUT2D eigenvalue weighted by Crippen LogP contribution is 2.78. The van der Waals surface area contributed by atoms with Gasteiger partial charge in [0.1, 0.15) is 6.33 Å². The van der Waals surface area contributed by atoms with Crippen LogP contribution in [0.25, 0.3) is 11.5 Å². The summed E-state index contributed by atoms with van der Waals surface area (Å²) in [4.78, 5) is 20.0. The molecular weight excluding hydrogens is 638 g/mol. The van der Waals surface area contributed by atoms with E-state index in [0.717, 1.165) is 50.0 Å². The molecule has 51 heavy (non-hydrogen) atoms. The monoisotopic (exact) mass is 704 g/mol. The Morgan fingerprint density at radius 2 is 1.76 bits per heavy atom. The molecule has 0 amide bonds. The van der Waals surface area contributed by atoms with E-state index in [1.165, 1.54) is 32.0 Å². The molecule has 0 saturated heterocycles. The minimum absolute atomic E-state index is 0.0165. The van der Waals surface area contributed by atoms with E-state index in [0.29, 0.717) is 60.3 Å². The van der Waals surface area contributed by atoms with Crippen molar-refractivity contribution >= 4 is 5.97 Å². The first-order valence-electron chi connectivity index (χ1n) is 20.1. The van der Waals surface area contributed by atoms with Gasteiger partial charge < -0.3 is 20.0 Å². The molecule has 5 fully saturated rings. The molecule has 0 aromatic carbocycles. The number of nitrogens with zero attached hydrogens (tertiary/aromatic N) is 4. The second kappa shape index (κ2) is 12.6. The Hall–Kier alpha value is -2.39. The van der Waals surface area contributed by atoms with E-state index >= 15 is 0 Å². The normalized spacial score (nSPS) is 43.6. The molecule has 9 heteroatoms. The minimum atomic E-state index is -0.763. The van der Waals surface area contributed by atoms with Gasteiger partial charge in [0.2, 0.25) is 5.89 Å². The molecule has 0 aliphatic heterocycles. The van der Waals surface area contributed by atoms with Crippen LogP contribution in [0.5, 0.6) is 0 Å². The maximum absolute atomic E-state index is 11.7. The molecule has 0 spiro atoms. The number of nitrogens with two attached hydrogens (primary N) is 1. The lowest BCUT2D eigenvalue weighted by Gasteiger charge is -2.75. The zero-order valence-electron chi connectivity index (χ0n) is 32.9. The first-order valence-corrected chi connectivity index (χ1v) is 20.1. The zero-order chi connectivity index (χ0) is 36.8. The molecule has 2 aromatic rings. The number of carbonyl (C=O) groups is 1. The highest BCUT2D eigenvalue weighted by Gasteiger charge is 2.75. The second-order valence-corrected chi connectivity index (χ2v) is 19.9. The summed E-state index contributed by atoms with van der Waals surface area (Å²) < 4.78 is 12.9. The summed E-state index contributed by atoms with van der Waals surface area (Å²) in [5.41, 5.74) is 8.38. The third-order valence-electron chi connectivity index (χ3n) is 17.0. The van der Waals surface area contributed by atoms with Crippen molar-refractivity contribution in [1.29, 1.82) is 0 Å². The van der Waals surface area contributed by atoms with Crippen molar-refractivity contribution < 1.29 is 19.1 Å². The van der Waals surface area contributed by atoms with Gasteiger partial charge in [-0.3, -0.25) is 4.79 Å². The van der Waals surface area contributed by atoms with Gasteiger partial charge in [-0.05, 0) is 141 Å². The van der Waals surface area contributed by atoms with Crippen molar-refractivity contribution in [2.75, 3.05) is 6.61 Å². The lowest BCUT2D eigenvalue weighted by Crippen LogP contribution is -2.76. The van der Waals surface area contributed by atoms with Crippen LogP contribution >= 0.6 is 0 Å². The average Bonchev–Trinajstić information content (AvgIpc) is 3.66. The van der Waals surface area contributed by atoms with E-state index in [1.54, 1.807) is 26.2 Å². The van der Waals surface area contributed by atoms with Gasteiger partial charge in [0, 0.05) is 31.0 Å². The Morgan fingerprint density at radius 1 is 1.04 bits per heavy atom. The lowest BCUT2D eigenvalue weighted by molar-refractivity contribution is -0.247. The molecule has 2 heterocycles.